The van der Waals surface area contributed by atoms with Crippen molar-refractivity contribution in [2.45, 2.75) is 12.8 Å². The van der Waals surface area contributed by atoms with Gasteiger partial charge in [-0.25, -0.2) is 24.3 Å². The first-order chi connectivity index (χ1) is 18.7. The maximum absolute atomic E-state index is 9.29. The average molecular weight is 590 g/mol. The molecular weight excluding hydrogens is 556 g/mol. The van der Waals surface area contributed by atoms with E-state index in [4.69, 9.17) is 0 Å². The van der Waals surface area contributed by atoms with Gasteiger partial charge in [0.05, 0.1) is 0 Å². The van der Waals surface area contributed by atoms with E-state index in [1.54, 1.807) is 24.3 Å². The van der Waals surface area contributed by atoms with Crippen molar-refractivity contribution in [2.24, 2.45) is 0 Å². The third-order valence-corrected chi connectivity index (χ3v) is 5.43. The molecule has 6 rings (SSSR count). The molecule has 2 nitrogen and oxygen atoms in total. The molecule has 0 atom stereocenters. The minimum atomic E-state index is 0. The first kappa shape index (κ1) is 31.3. The molecule has 0 fully saturated rings. The molecule has 3 heteroatoms. The topological polar surface area (TPSA) is 40.5 Å². The van der Waals surface area contributed by atoms with Crippen LogP contribution < -0.4 is 0 Å². The van der Waals surface area contributed by atoms with Crippen molar-refractivity contribution in [1.29, 1.82) is 0 Å². The minimum Gasteiger partial charge on any atom is -0.508 e. The summed E-state index contributed by atoms with van der Waals surface area (Å²) in [5.41, 5.74) is 4.80. The molecule has 0 aromatic heterocycles. The molecule has 0 aliphatic rings. The van der Waals surface area contributed by atoms with Gasteiger partial charge < -0.3 is 10.2 Å². The van der Waals surface area contributed by atoms with Gasteiger partial charge >= 0.3 is 26.2 Å². The summed E-state index contributed by atoms with van der Waals surface area (Å²) in [7, 11) is 0. The Morgan fingerprint density at radius 3 is 1.00 bits per heavy atom. The van der Waals surface area contributed by atoms with Crippen LogP contribution in [0.5, 0.6) is 11.5 Å². The van der Waals surface area contributed by atoms with Crippen LogP contribution in [0.25, 0.3) is 0 Å². The molecule has 6 aromatic carbocycles. The van der Waals surface area contributed by atoms with Gasteiger partial charge in [-0.1, -0.05) is 84.9 Å². The standard InChI is InChI=1S/2C13H12O.2C5H5.Zr/c2*14-13-8-4-7-12(10-13)9-11-5-2-1-3-6-11;2*1-2-4-5-3-1;/h2*1-8,10,14H,9H2;2*1-5H;/q;;2*-1;+2. The maximum atomic E-state index is 9.29. The molecule has 39 heavy (non-hydrogen) atoms. The third-order valence-electron chi connectivity index (χ3n) is 5.43. The molecule has 0 aliphatic heterocycles. The van der Waals surface area contributed by atoms with Crippen molar-refractivity contribution in [3.8, 4) is 11.5 Å². The molecule has 0 saturated carbocycles. The van der Waals surface area contributed by atoms with E-state index in [1.165, 1.54) is 11.1 Å². The molecule has 0 spiro atoms. The summed E-state index contributed by atoms with van der Waals surface area (Å²) >= 11 is 0. The van der Waals surface area contributed by atoms with Gasteiger partial charge in [-0.15, -0.1) is 0 Å². The van der Waals surface area contributed by atoms with Gasteiger partial charge in [0.1, 0.15) is 11.5 Å². The number of hydrogen-bond acceptors (Lipinski definition) is 2. The van der Waals surface area contributed by atoms with E-state index < -0.39 is 0 Å². The van der Waals surface area contributed by atoms with Crippen molar-refractivity contribution in [2.75, 3.05) is 0 Å². The van der Waals surface area contributed by atoms with Crippen LogP contribution in [0.1, 0.15) is 22.3 Å². The van der Waals surface area contributed by atoms with Gasteiger partial charge in [0.15, 0.2) is 0 Å². The Hall–Kier alpha value is -3.94. The van der Waals surface area contributed by atoms with Crippen LogP contribution in [-0.4, -0.2) is 10.2 Å². The second-order valence-electron chi connectivity index (χ2n) is 8.59. The molecule has 0 aliphatic carbocycles. The second kappa shape index (κ2) is 19.2. The maximum Gasteiger partial charge on any atom is 2.00 e. The van der Waals surface area contributed by atoms with Crippen molar-refractivity contribution in [3.63, 3.8) is 0 Å². The van der Waals surface area contributed by atoms with Crippen molar-refractivity contribution >= 4 is 0 Å². The first-order valence-corrected chi connectivity index (χ1v) is 12.7. The zero-order valence-electron chi connectivity index (χ0n) is 22.0. The fraction of sp³-hybridized carbons (Fsp3) is 0.0556. The van der Waals surface area contributed by atoms with Crippen molar-refractivity contribution in [1.82, 2.24) is 0 Å². The van der Waals surface area contributed by atoms with Gasteiger partial charge in [0, 0.05) is 0 Å². The van der Waals surface area contributed by atoms with Crippen LogP contribution in [0.2, 0.25) is 0 Å². The number of benzene rings is 4. The van der Waals surface area contributed by atoms with Crippen LogP contribution >= 0.6 is 0 Å². The summed E-state index contributed by atoms with van der Waals surface area (Å²) < 4.78 is 0. The summed E-state index contributed by atoms with van der Waals surface area (Å²) in [5.74, 6) is 0.664. The largest absolute Gasteiger partial charge is 2.00 e. The molecule has 2 N–H and O–H groups in total. The molecule has 0 radical (unpaired) electrons. The number of rotatable bonds is 4. The third kappa shape index (κ3) is 14.0. The van der Waals surface area contributed by atoms with E-state index in [9.17, 15) is 10.2 Å². The Morgan fingerprint density at radius 1 is 0.385 bits per heavy atom. The second-order valence-corrected chi connectivity index (χ2v) is 8.59. The summed E-state index contributed by atoms with van der Waals surface area (Å²) in [6.07, 6.45) is 1.74. The predicted octanol–water partition coefficient (Wildman–Crippen LogP) is 8.77. The van der Waals surface area contributed by atoms with E-state index >= 15 is 0 Å². The molecule has 0 heterocycles. The Labute approximate surface area is 251 Å². The van der Waals surface area contributed by atoms with Crippen LogP contribution in [0, 0.1) is 0 Å². The van der Waals surface area contributed by atoms with E-state index in [0.29, 0.717) is 11.5 Å². The summed E-state index contributed by atoms with van der Waals surface area (Å²) in [6.45, 7) is 0. The first-order valence-electron chi connectivity index (χ1n) is 12.7. The molecule has 0 amide bonds. The predicted molar refractivity (Wildman–Crippen MR) is 159 cm³/mol. The van der Waals surface area contributed by atoms with Crippen LogP contribution in [0.15, 0.2) is 170 Å². The SMILES string of the molecule is Oc1cccc(Cc2ccccc2)c1.Oc1cccc(Cc2ccccc2)c1.[Zr+2].c1cc[cH-]c1.c1cc[cH-]c1. The molecule has 0 unspecified atom stereocenters. The van der Waals surface area contributed by atoms with E-state index in [0.717, 1.165) is 24.0 Å². The summed E-state index contributed by atoms with van der Waals surface area (Å²) in [4.78, 5) is 0. The zero-order valence-corrected chi connectivity index (χ0v) is 24.4. The molecule has 194 valence electrons. The van der Waals surface area contributed by atoms with E-state index in [2.05, 4.69) is 24.3 Å². The van der Waals surface area contributed by atoms with Gasteiger partial charge in [0.2, 0.25) is 0 Å². The Morgan fingerprint density at radius 2 is 0.718 bits per heavy atom. The summed E-state index contributed by atoms with van der Waals surface area (Å²) in [6, 6.07) is 55.2. The molecular formula is C36H34O2Zr. The van der Waals surface area contributed by atoms with E-state index in [1.807, 2.05) is 121 Å². The fourth-order valence-corrected chi connectivity index (χ4v) is 3.64. The average Bonchev–Trinajstić information content (AvgIpc) is 3.71. The monoisotopic (exact) mass is 588 g/mol. The number of phenolic OH excluding ortho intramolecular Hbond substituents is 2. The van der Waals surface area contributed by atoms with Gasteiger partial charge in [-0.05, 0) is 59.4 Å². The van der Waals surface area contributed by atoms with Crippen molar-refractivity contribution in [3.05, 3.63) is 192 Å². The Balaban J connectivity index is 0.000000199. The fourth-order valence-electron chi connectivity index (χ4n) is 3.64. The molecule has 6 aromatic rings. The quantitative estimate of drug-likeness (QED) is 0.202. The van der Waals surface area contributed by atoms with Crippen molar-refractivity contribution < 1.29 is 36.4 Å². The van der Waals surface area contributed by atoms with E-state index in [-0.39, 0.29) is 26.2 Å². The molecule has 0 bridgehead atoms. The Bertz CT molecular complexity index is 1220. The minimum absolute atomic E-state index is 0. The van der Waals surface area contributed by atoms with Crippen LogP contribution in [-0.2, 0) is 39.0 Å². The van der Waals surface area contributed by atoms with Crippen LogP contribution in [0.4, 0.5) is 0 Å². The number of hydrogen-bond donors (Lipinski definition) is 2. The Kier molecular flexibility index (Phi) is 15.4. The number of aromatic hydroxyl groups is 2. The summed E-state index contributed by atoms with van der Waals surface area (Å²) in [5, 5.41) is 18.6. The number of phenols is 2. The molecule has 0 saturated heterocycles. The smallest absolute Gasteiger partial charge is 0.508 e. The van der Waals surface area contributed by atoms with Gasteiger partial charge in [-0.3, -0.25) is 0 Å². The van der Waals surface area contributed by atoms with Gasteiger partial charge in [-0.2, -0.15) is 36.4 Å². The normalized spacial score (nSPS) is 9.23. The van der Waals surface area contributed by atoms with Gasteiger partial charge in [0.25, 0.3) is 0 Å². The zero-order chi connectivity index (χ0) is 26.7. The van der Waals surface area contributed by atoms with Crippen LogP contribution in [0.3, 0.4) is 0 Å².